The second-order valence-electron chi connectivity index (χ2n) is 5.59. The van der Waals surface area contributed by atoms with Crippen LogP contribution in [0.4, 0.5) is 0 Å². The van der Waals surface area contributed by atoms with Crippen molar-refractivity contribution in [2.24, 2.45) is 0 Å². The Morgan fingerprint density at radius 2 is 2.36 bits per heavy atom. The monoisotopic (exact) mass is 415 g/mol. The maximum atomic E-state index is 11.5. The smallest absolute Gasteiger partial charge is 0.245 e. The number of piperidine rings is 1. The number of hydrogen-bond donors (Lipinski definition) is 0. The van der Waals surface area contributed by atoms with Gasteiger partial charge < -0.3 is 9.64 Å². The summed E-state index contributed by atoms with van der Waals surface area (Å²) in [5, 5.41) is 0. The summed E-state index contributed by atoms with van der Waals surface area (Å²) in [5.74, 6) is 0.707. The molecule has 5 nitrogen and oxygen atoms in total. The van der Waals surface area contributed by atoms with Gasteiger partial charge in [-0.1, -0.05) is 6.08 Å². The van der Waals surface area contributed by atoms with Gasteiger partial charge in [0.2, 0.25) is 11.8 Å². The average Bonchev–Trinajstić information content (AvgIpc) is 2.50. The lowest BCUT2D eigenvalue weighted by Gasteiger charge is -2.31. The second kappa shape index (κ2) is 8.47. The minimum Gasteiger partial charge on any atom is -0.473 e. The van der Waals surface area contributed by atoms with Crippen LogP contribution in [0.3, 0.4) is 0 Å². The van der Waals surface area contributed by atoms with E-state index < -0.39 is 0 Å². The third-order valence-electron chi connectivity index (χ3n) is 3.51. The van der Waals surface area contributed by atoms with Gasteiger partial charge >= 0.3 is 0 Å². The van der Waals surface area contributed by atoms with Gasteiger partial charge in [-0.05, 0) is 48.0 Å². The van der Waals surface area contributed by atoms with Gasteiger partial charge in [-0.15, -0.1) is 0 Å². The van der Waals surface area contributed by atoms with E-state index in [0.717, 1.165) is 36.0 Å². The Morgan fingerprint density at radius 3 is 3.05 bits per heavy atom. The highest BCUT2D eigenvalue weighted by Gasteiger charge is 2.20. The van der Waals surface area contributed by atoms with Crippen LogP contribution in [0.1, 0.15) is 12.8 Å². The van der Waals surface area contributed by atoms with E-state index in [0.29, 0.717) is 5.88 Å². The highest BCUT2D eigenvalue weighted by Crippen LogP contribution is 2.17. The van der Waals surface area contributed by atoms with E-state index in [2.05, 4.69) is 32.5 Å². The molecule has 1 fully saturated rings. The minimum absolute atomic E-state index is 0.0212. The van der Waals surface area contributed by atoms with E-state index in [1.165, 1.54) is 0 Å². The van der Waals surface area contributed by atoms with Gasteiger partial charge in [0.1, 0.15) is 6.10 Å². The second-order valence-corrected chi connectivity index (χ2v) is 6.84. The Kier molecular flexibility index (Phi) is 6.63. The van der Waals surface area contributed by atoms with E-state index in [1.54, 1.807) is 25.1 Å². The Morgan fingerprint density at radius 1 is 1.55 bits per heavy atom. The predicted octanol–water partition coefficient (Wildman–Crippen LogP) is 2.17. The van der Waals surface area contributed by atoms with E-state index in [9.17, 15) is 4.79 Å². The first-order chi connectivity index (χ1) is 10.5. The van der Waals surface area contributed by atoms with Crippen LogP contribution in [0.25, 0.3) is 0 Å². The van der Waals surface area contributed by atoms with Crippen molar-refractivity contribution < 1.29 is 9.53 Å². The highest BCUT2D eigenvalue weighted by atomic mass is 127. The third kappa shape index (κ3) is 5.57. The molecule has 0 saturated carbocycles. The summed E-state index contributed by atoms with van der Waals surface area (Å²) in [6.07, 6.45) is 7.68. The van der Waals surface area contributed by atoms with Crippen molar-refractivity contribution in [3.8, 4) is 5.88 Å². The molecular formula is C16H22IN3O2. The highest BCUT2D eigenvalue weighted by molar-refractivity contribution is 14.1. The van der Waals surface area contributed by atoms with E-state index >= 15 is 0 Å². The molecule has 0 aliphatic carbocycles. The lowest BCUT2D eigenvalue weighted by Crippen LogP contribution is -2.41. The topological polar surface area (TPSA) is 45.7 Å². The molecule has 1 aromatic heterocycles. The van der Waals surface area contributed by atoms with E-state index in [4.69, 9.17) is 4.74 Å². The van der Waals surface area contributed by atoms with Crippen LogP contribution in [-0.4, -0.2) is 60.5 Å². The molecule has 0 bridgehead atoms. The number of nitrogens with zero attached hydrogens (tertiary/aromatic N) is 3. The van der Waals surface area contributed by atoms with Crippen molar-refractivity contribution in [1.82, 2.24) is 14.8 Å². The zero-order chi connectivity index (χ0) is 15.9. The summed E-state index contributed by atoms with van der Waals surface area (Å²) < 4.78 is 7.05. The molecule has 1 aliphatic rings. The van der Waals surface area contributed by atoms with Crippen molar-refractivity contribution in [3.05, 3.63) is 34.1 Å². The van der Waals surface area contributed by atoms with Crippen LogP contribution in [-0.2, 0) is 4.79 Å². The van der Waals surface area contributed by atoms with Gasteiger partial charge in [0.05, 0.1) is 0 Å². The largest absolute Gasteiger partial charge is 0.473 e. The molecule has 22 heavy (non-hydrogen) atoms. The molecule has 0 spiro atoms. The molecular weight excluding hydrogens is 393 g/mol. The molecule has 1 aromatic rings. The molecule has 1 atom stereocenters. The summed E-state index contributed by atoms with van der Waals surface area (Å²) in [5.41, 5.74) is 0. The standard InChI is InChI=1S/C16H22IN3O2/c1-19(2)16(21)6-4-10-20-9-3-5-14(12-20)22-15-8-7-13(17)11-18-15/h4,6-8,11,14H,3,5,9-10,12H2,1-2H3/b6-4+/t14-/m1/s1. The Hall–Kier alpha value is -1.15. The van der Waals surface area contributed by atoms with Crippen LogP contribution in [0.15, 0.2) is 30.5 Å². The summed E-state index contributed by atoms with van der Waals surface area (Å²) in [4.78, 5) is 19.7. The fourth-order valence-electron chi connectivity index (χ4n) is 2.33. The third-order valence-corrected chi connectivity index (χ3v) is 4.15. The van der Waals surface area contributed by atoms with Crippen LogP contribution >= 0.6 is 22.6 Å². The molecule has 2 heterocycles. The number of likely N-dealkylation sites (tertiary alicyclic amines) is 1. The number of aromatic nitrogens is 1. The number of likely N-dealkylation sites (N-methyl/N-ethyl adjacent to an activating group) is 1. The quantitative estimate of drug-likeness (QED) is 0.547. The summed E-state index contributed by atoms with van der Waals surface area (Å²) in [7, 11) is 3.51. The molecule has 0 N–H and O–H groups in total. The van der Waals surface area contributed by atoms with Crippen LogP contribution in [0.2, 0.25) is 0 Å². The predicted molar refractivity (Wildman–Crippen MR) is 94.9 cm³/mol. The molecule has 0 unspecified atom stereocenters. The lowest BCUT2D eigenvalue weighted by atomic mass is 10.1. The maximum Gasteiger partial charge on any atom is 0.245 e. The van der Waals surface area contributed by atoms with E-state index in [-0.39, 0.29) is 12.0 Å². The summed E-state index contributed by atoms with van der Waals surface area (Å²) >= 11 is 2.23. The van der Waals surface area contributed by atoms with Gasteiger partial charge in [0.15, 0.2) is 0 Å². The van der Waals surface area contributed by atoms with Crippen LogP contribution in [0, 0.1) is 3.57 Å². The number of pyridine rings is 1. The van der Waals surface area contributed by atoms with Crippen LogP contribution in [0.5, 0.6) is 5.88 Å². The molecule has 1 saturated heterocycles. The van der Waals surface area contributed by atoms with Gasteiger partial charge in [0, 0.05) is 49.1 Å². The molecule has 120 valence electrons. The number of amides is 1. The lowest BCUT2D eigenvalue weighted by molar-refractivity contribution is -0.123. The first-order valence-corrected chi connectivity index (χ1v) is 8.51. The normalized spacial score (nSPS) is 19.3. The molecule has 1 aliphatic heterocycles. The Labute approximate surface area is 145 Å². The first kappa shape index (κ1) is 17.2. The SMILES string of the molecule is CN(C)C(=O)/C=C/CN1CCC[C@@H](Oc2ccc(I)cn2)C1. The van der Waals surface area contributed by atoms with Crippen LogP contribution < -0.4 is 4.74 Å². The minimum atomic E-state index is 0.0212. The van der Waals surface area contributed by atoms with Crippen molar-refractivity contribution in [2.75, 3.05) is 33.7 Å². The number of ether oxygens (including phenoxy) is 1. The van der Waals surface area contributed by atoms with Gasteiger partial charge in [-0.25, -0.2) is 4.98 Å². The average molecular weight is 415 g/mol. The molecule has 0 aromatic carbocycles. The van der Waals surface area contributed by atoms with E-state index in [1.807, 2.05) is 24.4 Å². The number of hydrogen-bond acceptors (Lipinski definition) is 4. The van der Waals surface area contributed by atoms with Gasteiger partial charge in [-0.2, -0.15) is 0 Å². The van der Waals surface area contributed by atoms with Crippen molar-refractivity contribution >= 4 is 28.5 Å². The van der Waals surface area contributed by atoms with Crippen molar-refractivity contribution in [1.29, 1.82) is 0 Å². The number of carbonyl (C=O) groups excluding carboxylic acids is 1. The van der Waals surface area contributed by atoms with Gasteiger partial charge in [-0.3, -0.25) is 9.69 Å². The Balaban J connectivity index is 1.81. The Bertz CT molecular complexity index is 517. The fourth-order valence-corrected chi connectivity index (χ4v) is 2.65. The summed E-state index contributed by atoms with van der Waals surface area (Å²) in [6.45, 7) is 2.69. The zero-order valence-electron chi connectivity index (χ0n) is 13.0. The molecule has 1 amide bonds. The van der Waals surface area contributed by atoms with Gasteiger partial charge in [0.25, 0.3) is 0 Å². The number of carbonyl (C=O) groups is 1. The number of halogens is 1. The maximum absolute atomic E-state index is 11.5. The molecule has 2 rings (SSSR count). The molecule has 0 radical (unpaired) electrons. The number of rotatable bonds is 5. The molecule has 6 heteroatoms. The fraction of sp³-hybridized carbons (Fsp3) is 0.500. The zero-order valence-corrected chi connectivity index (χ0v) is 15.2. The van der Waals surface area contributed by atoms with Crippen molar-refractivity contribution in [2.45, 2.75) is 18.9 Å². The summed E-state index contributed by atoms with van der Waals surface area (Å²) in [6, 6.07) is 3.91. The first-order valence-electron chi connectivity index (χ1n) is 7.43. The van der Waals surface area contributed by atoms with Crippen molar-refractivity contribution in [3.63, 3.8) is 0 Å².